The zero-order chi connectivity index (χ0) is 24.4. The Hall–Kier alpha value is -2.85. The summed E-state index contributed by atoms with van der Waals surface area (Å²) in [7, 11) is 0. The highest BCUT2D eigenvalue weighted by molar-refractivity contribution is 7.99. The van der Waals surface area contributed by atoms with Crippen LogP contribution in [0.4, 0.5) is 0 Å². The fourth-order valence-corrected chi connectivity index (χ4v) is 4.24. The van der Waals surface area contributed by atoms with Crippen molar-refractivity contribution in [2.45, 2.75) is 57.5 Å². The van der Waals surface area contributed by atoms with Crippen LogP contribution < -0.4 is 0 Å². The molecule has 1 aromatic carbocycles. The van der Waals surface area contributed by atoms with Crippen LogP contribution in [-0.2, 0) is 42.9 Å². The molecule has 9 nitrogen and oxygen atoms in total. The second-order valence-electron chi connectivity index (χ2n) is 7.21. The van der Waals surface area contributed by atoms with Crippen molar-refractivity contribution < 1.29 is 42.9 Å². The van der Waals surface area contributed by atoms with E-state index in [-0.39, 0.29) is 6.61 Å². The average Bonchev–Trinajstić information content (AvgIpc) is 2.73. The Bertz CT molecular complexity index is 855. The molecule has 5 atom stereocenters. The van der Waals surface area contributed by atoms with Crippen molar-refractivity contribution in [2.24, 2.45) is 0 Å². The van der Waals surface area contributed by atoms with Gasteiger partial charge in [-0.05, 0) is 5.56 Å². The van der Waals surface area contributed by atoms with Crippen molar-refractivity contribution in [3.8, 4) is 0 Å². The molecule has 10 heteroatoms. The van der Waals surface area contributed by atoms with Gasteiger partial charge in [0.15, 0.2) is 18.3 Å². The first-order valence-corrected chi connectivity index (χ1v) is 11.4. The molecule has 180 valence electrons. The van der Waals surface area contributed by atoms with E-state index < -0.39 is 53.7 Å². The summed E-state index contributed by atoms with van der Waals surface area (Å²) < 4.78 is 27.3. The fraction of sp³-hybridized carbons (Fsp3) is 0.478. The van der Waals surface area contributed by atoms with Crippen LogP contribution in [-0.4, -0.2) is 66.1 Å². The first kappa shape index (κ1) is 26.4. The molecule has 1 aliphatic heterocycles. The lowest BCUT2D eigenvalue weighted by molar-refractivity contribution is -0.237. The van der Waals surface area contributed by atoms with E-state index in [1.165, 1.54) is 39.5 Å². The van der Waals surface area contributed by atoms with E-state index in [2.05, 4.69) is 0 Å². The zero-order valence-electron chi connectivity index (χ0n) is 18.9. The molecule has 0 radical (unpaired) electrons. The quantitative estimate of drug-likeness (QED) is 0.386. The van der Waals surface area contributed by atoms with Crippen LogP contribution in [0.2, 0.25) is 0 Å². The van der Waals surface area contributed by atoms with E-state index in [9.17, 15) is 19.2 Å². The highest BCUT2D eigenvalue weighted by Gasteiger charge is 2.52. The number of carbonyl (C=O) groups excluding carboxylic acids is 4. The van der Waals surface area contributed by atoms with Gasteiger partial charge in [-0.25, -0.2) is 0 Å². The molecule has 0 spiro atoms. The lowest BCUT2D eigenvalue weighted by Gasteiger charge is -2.44. The van der Waals surface area contributed by atoms with Gasteiger partial charge in [-0.1, -0.05) is 42.5 Å². The fourth-order valence-electron chi connectivity index (χ4n) is 3.22. The van der Waals surface area contributed by atoms with Crippen LogP contribution >= 0.6 is 11.8 Å². The molecule has 0 amide bonds. The van der Waals surface area contributed by atoms with Gasteiger partial charge < -0.3 is 23.7 Å². The predicted octanol–water partition coefficient (Wildman–Crippen LogP) is 2.52. The zero-order valence-corrected chi connectivity index (χ0v) is 19.7. The number of esters is 4. The normalized spacial score (nSPS) is 24.7. The smallest absolute Gasteiger partial charge is 0.303 e. The molecule has 0 saturated carbocycles. The van der Waals surface area contributed by atoms with Crippen molar-refractivity contribution in [1.82, 2.24) is 0 Å². The van der Waals surface area contributed by atoms with Gasteiger partial charge in [-0.2, -0.15) is 0 Å². The second-order valence-corrected chi connectivity index (χ2v) is 8.35. The van der Waals surface area contributed by atoms with Gasteiger partial charge in [0, 0.05) is 33.4 Å². The van der Waals surface area contributed by atoms with Crippen molar-refractivity contribution in [3.63, 3.8) is 0 Å². The highest BCUT2D eigenvalue weighted by atomic mass is 32.2. The van der Waals surface area contributed by atoms with Crippen molar-refractivity contribution >= 4 is 41.7 Å². The number of rotatable bonds is 9. The summed E-state index contributed by atoms with van der Waals surface area (Å²) >= 11 is 1.30. The number of thioether (sulfide) groups is 1. The molecular formula is C23H28O9S. The van der Waals surface area contributed by atoms with Crippen LogP contribution in [0.1, 0.15) is 33.3 Å². The van der Waals surface area contributed by atoms with Gasteiger partial charge in [-0.15, -0.1) is 11.8 Å². The third kappa shape index (κ3) is 8.89. The van der Waals surface area contributed by atoms with E-state index in [4.69, 9.17) is 23.7 Å². The summed E-state index contributed by atoms with van der Waals surface area (Å²) in [6.07, 6.45) is -0.456. The van der Waals surface area contributed by atoms with E-state index in [1.54, 1.807) is 0 Å². The molecule has 1 fully saturated rings. The molecule has 0 bridgehead atoms. The second kappa shape index (κ2) is 13.0. The molecule has 2 rings (SSSR count). The third-order valence-electron chi connectivity index (χ3n) is 4.41. The molecule has 0 aromatic heterocycles. The maximum Gasteiger partial charge on any atom is 0.303 e. The Balaban J connectivity index is 2.28. The molecule has 1 heterocycles. The maximum absolute atomic E-state index is 11.8. The molecule has 1 saturated heterocycles. The molecule has 33 heavy (non-hydrogen) atoms. The largest absolute Gasteiger partial charge is 0.463 e. The van der Waals surface area contributed by atoms with Crippen LogP contribution in [0.5, 0.6) is 0 Å². The molecule has 0 N–H and O–H groups in total. The SMILES string of the molecule is CC(=O)OC[C@H]1O[C@H](SC/C=C/c2ccccc2)[C@@H](OC(C)=O)[C@@H](OC(C)=O)[C@@H]1OC(C)=O. The van der Waals surface area contributed by atoms with E-state index in [0.717, 1.165) is 5.56 Å². The van der Waals surface area contributed by atoms with Crippen LogP contribution in [0.25, 0.3) is 6.08 Å². The Morgan fingerprint density at radius 2 is 1.42 bits per heavy atom. The minimum atomic E-state index is -1.15. The Labute approximate surface area is 196 Å². The van der Waals surface area contributed by atoms with E-state index in [0.29, 0.717) is 5.75 Å². The lowest BCUT2D eigenvalue weighted by Crippen LogP contribution is -2.61. The molecule has 1 aromatic rings. The summed E-state index contributed by atoms with van der Waals surface area (Å²) in [4.78, 5) is 46.7. The van der Waals surface area contributed by atoms with Crippen molar-refractivity contribution in [1.29, 1.82) is 0 Å². The summed E-state index contributed by atoms with van der Waals surface area (Å²) in [5, 5.41) is 0. The minimum Gasteiger partial charge on any atom is -0.463 e. The highest BCUT2D eigenvalue weighted by Crippen LogP contribution is 2.34. The summed E-state index contributed by atoms with van der Waals surface area (Å²) in [6.45, 7) is 4.58. The lowest BCUT2D eigenvalue weighted by atomic mass is 9.99. The first-order chi connectivity index (χ1) is 15.7. The topological polar surface area (TPSA) is 114 Å². The molecular weight excluding hydrogens is 452 g/mol. The van der Waals surface area contributed by atoms with Crippen molar-refractivity contribution in [3.05, 3.63) is 42.0 Å². The Kier molecular flexibility index (Phi) is 10.4. The first-order valence-electron chi connectivity index (χ1n) is 10.3. The van der Waals surface area contributed by atoms with Gasteiger partial charge in [-0.3, -0.25) is 19.2 Å². The molecule has 0 aliphatic carbocycles. The van der Waals surface area contributed by atoms with Crippen LogP contribution in [0.3, 0.4) is 0 Å². The van der Waals surface area contributed by atoms with Gasteiger partial charge in [0.2, 0.25) is 0 Å². The molecule has 0 unspecified atom stereocenters. The summed E-state index contributed by atoms with van der Waals surface area (Å²) in [5.41, 5.74) is 0.227. The minimum absolute atomic E-state index is 0.241. The monoisotopic (exact) mass is 480 g/mol. The number of benzene rings is 1. The van der Waals surface area contributed by atoms with E-state index >= 15 is 0 Å². The maximum atomic E-state index is 11.8. The summed E-state index contributed by atoms with van der Waals surface area (Å²) in [5.74, 6) is -2.02. The number of hydrogen-bond acceptors (Lipinski definition) is 10. The van der Waals surface area contributed by atoms with Crippen LogP contribution in [0, 0.1) is 0 Å². The average molecular weight is 481 g/mol. The van der Waals surface area contributed by atoms with Gasteiger partial charge in [0.05, 0.1) is 0 Å². The molecule has 1 aliphatic rings. The Morgan fingerprint density at radius 3 is 2.00 bits per heavy atom. The number of carbonyl (C=O) groups is 4. The number of hydrogen-bond donors (Lipinski definition) is 0. The van der Waals surface area contributed by atoms with E-state index in [1.807, 2.05) is 42.5 Å². The van der Waals surface area contributed by atoms with Crippen molar-refractivity contribution in [2.75, 3.05) is 12.4 Å². The van der Waals surface area contributed by atoms with Gasteiger partial charge in [0.25, 0.3) is 0 Å². The number of ether oxygens (including phenoxy) is 5. The predicted molar refractivity (Wildman–Crippen MR) is 120 cm³/mol. The van der Waals surface area contributed by atoms with Gasteiger partial charge in [0.1, 0.15) is 18.1 Å². The standard InChI is InChI=1S/C23H28O9S/c1-14(24)28-13-19-20(29-15(2)25)21(30-16(3)26)22(31-17(4)27)23(32-19)33-12-8-11-18-9-6-5-7-10-18/h5-11,19-23H,12-13H2,1-4H3/b11-8+/t19-,20-,21+,22+,23-/m1/s1. The van der Waals surface area contributed by atoms with Gasteiger partial charge >= 0.3 is 23.9 Å². The van der Waals surface area contributed by atoms with Crippen LogP contribution in [0.15, 0.2) is 36.4 Å². The third-order valence-corrected chi connectivity index (χ3v) is 5.51. The summed E-state index contributed by atoms with van der Waals surface area (Å²) in [6, 6.07) is 9.67. The Morgan fingerprint density at radius 1 is 0.848 bits per heavy atom.